The number of carbonyl (C=O) groups excluding carboxylic acids is 1. The average Bonchev–Trinajstić information content (AvgIpc) is 2.40. The number of halogens is 1. The molecule has 1 saturated carbocycles. The Morgan fingerprint density at radius 2 is 2.12 bits per heavy atom. The molecular formula is C12H20BrNO3. The summed E-state index contributed by atoms with van der Waals surface area (Å²) >= 11 is 3.53. The molecule has 2 rings (SSSR count). The monoisotopic (exact) mass is 305 g/mol. The van der Waals surface area contributed by atoms with E-state index in [0.717, 1.165) is 11.8 Å². The first-order valence-electron chi connectivity index (χ1n) is 6.37. The van der Waals surface area contributed by atoms with Crippen LogP contribution in [-0.4, -0.2) is 43.2 Å². The van der Waals surface area contributed by atoms with Crippen molar-refractivity contribution in [2.45, 2.75) is 37.8 Å². The van der Waals surface area contributed by atoms with E-state index in [1.54, 1.807) is 0 Å². The summed E-state index contributed by atoms with van der Waals surface area (Å²) in [6, 6.07) is 0.293. The summed E-state index contributed by atoms with van der Waals surface area (Å²) in [5, 5.41) is 4.07. The molecule has 1 aliphatic carbocycles. The van der Waals surface area contributed by atoms with Crippen molar-refractivity contribution in [2.24, 2.45) is 5.92 Å². The second-order valence-corrected chi connectivity index (χ2v) is 5.40. The molecule has 2 aliphatic rings. The van der Waals surface area contributed by atoms with Gasteiger partial charge in [-0.25, -0.2) is 0 Å². The normalized spacial score (nSPS) is 34.3. The predicted octanol–water partition coefficient (Wildman–Crippen LogP) is 1.47. The van der Waals surface area contributed by atoms with Crippen molar-refractivity contribution < 1.29 is 14.3 Å². The van der Waals surface area contributed by atoms with Crippen LogP contribution in [0.15, 0.2) is 0 Å². The minimum Gasteiger partial charge on any atom is -0.376 e. The lowest BCUT2D eigenvalue weighted by Crippen LogP contribution is -2.50. The highest BCUT2D eigenvalue weighted by molar-refractivity contribution is 9.09. The number of ether oxygens (including phenoxy) is 2. The molecule has 98 valence electrons. The van der Waals surface area contributed by atoms with Crippen LogP contribution in [0.5, 0.6) is 0 Å². The molecule has 0 radical (unpaired) electrons. The molecule has 1 aliphatic heterocycles. The third-order valence-electron chi connectivity index (χ3n) is 3.54. The highest BCUT2D eigenvalue weighted by Gasteiger charge is 2.29. The Hall–Kier alpha value is -0.130. The molecule has 0 bridgehead atoms. The Balaban J connectivity index is 1.83. The lowest BCUT2D eigenvalue weighted by atomic mass is 9.86. The molecule has 1 amide bonds. The van der Waals surface area contributed by atoms with Crippen LogP contribution in [0.3, 0.4) is 0 Å². The molecule has 0 aromatic rings. The third kappa shape index (κ3) is 3.66. The van der Waals surface area contributed by atoms with Gasteiger partial charge in [-0.2, -0.15) is 0 Å². The van der Waals surface area contributed by atoms with E-state index >= 15 is 0 Å². The van der Waals surface area contributed by atoms with Gasteiger partial charge in [0, 0.05) is 11.4 Å². The average molecular weight is 306 g/mol. The Labute approximate surface area is 111 Å². The topological polar surface area (TPSA) is 47.6 Å². The van der Waals surface area contributed by atoms with Gasteiger partial charge in [0.05, 0.1) is 19.8 Å². The molecule has 3 unspecified atom stereocenters. The van der Waals surface area contributed by atoms with Gasteiger partial charge in [-0.3, -0.25) is 4.79 Å². The van der Waals surface area contributed by atoms with Crippen LogP contribution in [0, 0.1) is 5.92 Å². The quantitative estimate of drug-likeness (QED) is 0.803. The number of carbonyl (C=O) groups is 1. The molecule has 1 saturated heterocycles. The predicted molar refractivity (Wildman–Crippen MR) is 68.2 cm³/mol. The third-order valence-corrected chi connectivity index (χ3v) is 4.37. The summed E-state index contributed by atoms with van der Waals surface area (Å²) in [5.41, 5.74) is 0. The van der Waals surface area contributed by atoms with Gasteiger partial charge < -0.3 is 14.8 Å². The second kappa shape index (κ2) is 6.71. The van der Waals surface area contributed by atoms with Gasteiger partial charge in [0.15, 0.2) is 6.10 Å². The Morgan fingerprint density at radius 3 is 2.82 bits per heavy atom. The van der Waals surface area contributed by atoms with E-state index in [-0.39, 0.29) is 5.91 Å². The van der Waals surface area contributed by atoms with Crippen LogP contribution in [0.2, 0.25) is 0 Å². The molecule has 1 heterocycles. The number of nitrogens with one attached hydrogen (secondary N) is 1. The van der Waals surface area contributed by atoms with Crippen LogP contribution >= 0.6 is 15.9 Å². The number of hydrogen-bond acceptors (Lipinski definition) is 3. The smallest absolute Gasteiger partial charge is 0.251 e. The van der Waals surface area contributed by atoms with Crippen LogP contribution in [0.1, 0.15) is 25.7 Å². The van der Waals surface area contributed by atoms with E-state index < -0.39 is 6.10 Å². The molecule has 0 aromatic carbocycles. The van der Waals surface area contributed by atoms with Crippen molar-refractivity contribution >= 4 is 21.8 Å². The van der Waals surface area contributed by atoms with E-state index in [1.165, 1.54) is 19.3 Å². The molecule has 2 fully saturated rings. The molecule has 0 aromatic heterocycles. The van der Waals surface area contributed by atoms with Gasteiger partial charge in [0.1, 0.15) is 0 Å². The highest BCUT2D eigenvalue weighted by Crippen LogP contribution is 2.26. The van der Waals surface area contributed by atoms with Crippen molar-refractivity contribution in [2.75, 3.05) is 25.2 Å². The molecule has 3 atom stereocenters. The maximum Gasteiger partial charge on any atom is 0.251 e. The first-order chi connectivity index (χ1) is 8.31. The molecule has 4 nitrogen and oxygen atoms in total. The fourth-order valence-corrected chi connectivity index (χ4v) is 3.27. The Bertz CT molecular complexity index is 256. The van der Waals surface area contributed by atoms with Crippen molar-refractivity contribution in [3.8, 4) is 0 Å². The summed E-state index contributed by atoms with van der Waals surface area (Å²) in [7, 11) is 0. The lowest BCUT2D eigenvalue weighted by molar-refractivity contribution is -0.148. The zero-order valence-electron chi connectivity index (χ0n) is 9.99. The SMILES string of the molecule is O=C(NC1CCCCC1CBr)C1COCCO1. The van der Waals surface area contributed by atoms with Crippen LogP contribution in [0.25, 0.3) is 0 Å². The Morgan fingerprint density at radius 1 is 1.29 bits per heavy atom. The maximum atomic E-state index is 12.0. The van der Waals surface area contributed by atoms with Gasteiger partial charge in [0.2, 0.25) is 0 Å². The van der Waals surface area contributed by atoms with Crippen LogP contribution in [0.4, 0.5) is 0 Å². The minimum absolute atomic E-state index is 0.0115. The number of rotatable bonds is 3. The van der Waals surface area contributed by atoms with Gasteiger partial charge >= 0.3 is 0 Å². The van der Waals surface area contributed by atoms with Crippen LogP contribution in [-0.2, 0) is 14.3 Å². The summed E-state index contributed by atoms with van der Waals surface area (Å²) in [6.45, 7) is 1.50. The van der Waals surface area contributed by atoms with Crippen molar-refractivity contribution in [1.29, 1.82) is 0 Å². The summed E-state index contributed by atoms with van der Waals surface area (Å²) in [5.74, 6) is 0.541. The van der Waals surface area contributed by atoms with Crippen molar-refractivity contribution in [3.63, 3.8) is 0 Å². The largest absolute Gasteiger partial charge is 0.376 e. The van der Waals surface area contributed by atoms with Gasteiger partial charge in [-0.15, -0.1) is 0 Å². The standard InChI is InChI=1S/C12H20BrNO3/c13-7-9-3-1-2-4-10(9)14-12(15)11-8-16-5-6-17-11/h9-11H,1-8H2,(H,14,15). The molecular weight excluding hydrogens is 286 g/mol. The second-order valence-electron chi connectivity index (χ2n) is 4.75. The minimum atomic E-state index is -0.415. The highest BCUT2D eigenvalue weighted by atomic mass is 79.9. The van der Waals surface area contributed by atoms with Gasteiger partial charge in [0.25, 0.3) is 5.91 Å². The van der Waals surface area contributed by atoms with Crippen molar-refractivity contribution in [3.05, 3.63) is 0 Å². The molecule has 0 spiro atoms. The number of alkyl halides is 1. The van der Waals surface area contributed by atoms with Crippen LogP contribution < -0.4 is 5.32 Å². The Kier molecular flexibility index (Phi) is 5.25. The van der Waals surface area contributed by atoms with E-state index in [2.05, 4.69) is 21.2 Å². The number of amides is 1. The summed E-state index contributed by atoms with van der Waals surface area (Å²) in [6.07, 6.45) is 4.33. The van der Waals surface area contributed by atoms with E-state index in [0.29, 0.717) is 31.8 Å². The van der Waals surface area contributed by atoms with E-state index in [1.807, 2.05) is 0 Å². The zero-order chi connectivity index (χ0) is 12.1. The first-order valence-corrected chi connectivity index (χ1v) is 7.49. The fraction of sp³-hybridized carbons (Fsp3) is 0.917. The van der Waals surface area contributed by atoms with Gasteiger partial charge in [-0.1, -0.05) is 28.8 Å². The van der Waals surface area contributed by atoms with Crippen molar-refractivity contribution in [1.82, 2.24) is 5.32 Å². The van der Waals surface area contributed by atoms with Gasteiger partial charge in [-0.05, 0) is 18.8 Å². The molecule has 1 N–H and O–H groups in total. The first kappa shape index (κ1) is 13.3. The fourth-order valence-electron chi connectivity index (χ4n) is 2.50. The number of hydrogen-bond donors (Lipinski definition) is 1. The maximum absolute atomic E-state index is 12.0. The molecule has 17 heavy (non-hydrogen) atoms. The van der Waals surface area contributed by atoms with E-state index in [4.69, 9.17) is 9.47 Å². The summed E-state index contributed by atoms with van der Waals surface area (Å²) < 4.78 is 10.7. The molecule has 5 heteroatoms. The summed E-state index contributed by atoms with van der Waals surface area (Å²) in [4.78, 5) is 12.0. The zero-order valence-corrected chi connectivity index (χ0v) is 11.6. The lowest BCUT2D eigenvalue weighted by Gasteiger charge is -2.32. The van der Waals surface area contributed by atoms with E-state index in [9.17, 15) is 4.79 Å².